The lowest BCUT2D eigenvalue weighted by Gasteiger charge is -2.32. The fraction of sp³-hybridized carbons (Fsp3) is 0.410. The van der Waals surface area contributed by atoms with Crippen molar-refractivity contribution in [3.05, 3.63) is 102 Å². The number of nitrogens with one attached hydrogen (secondary N) is 2. The summed E-state index contributed by atoms with van der Waals surface area (Å²) in [7, 11) is 0. The van der Waals surface area contributed by atoms with Crippen molar-refractivity contribution in [3.8, 4) is 0 Å². The van der Waals surface area contributed by atoms with Crippen LogP contribution in [-0.2, 0) is 36.8 Å². The van der Waals surface area contributed by atoms with Gasteiger partial charge < -0.3 is 30.9 Å². The predicted molar refractivity (Wildman–Crippen MR) is 189 cm³/mol. The summed E-state index contributed by atoms with van der Waals surface area (Å²) in [5.41, 5.74) is 1.93. The Balaban J connectivity index is 1.41. The maximum absolute atomic E-state index is 14.4. The van der Waals surface area contributed by atoms with E-state index in [-0.39, 0.29) is 43.4 Å². The molecule has 4 amide bonds. The lowest BCUT2D eigenvalue weighted by Crippen LogP contribution is -2.49. The van der Waals surface area contributed by atoms with Gasteiger partial charge in [-0.25, -0.2) is 4.79 Å². The lowest BCUT2D eigenvalue weighted by atomic mass is 9.81. The van der Waals surface area contributed by atoms with Crippen LogP contribution in [0.25, 0.3) is 0 Å². The third-order valence-corrected chi connectivity index (χ3v) is 9.92. The third-order valence-electron chi connectivity index (χ3n) is 9.92. The Labute approximate surface area is 297 Å². The van der Waals surface area contributed by atoms with Crippen molar-refractivity contribution in [2.45, 2.75) is 89.3 Å². The maximum atomic E-state index is 14.4. The highest BCUT2D eigenvalue weighted by Gasteiger charge is 2.49. The van der Waals surface area contributed by atoms with E-state index in [9.17, 15) is 39.3 Å². The van der Waals surface area contributed by atoms with Crippen LogP contribution >= 0.6 is 0 Å². The van der Waals surface area contributed by atoms with E-state index in [2.05, 4.69) is 10.6 Å². The van der Waals surface area contributed by atoms with E-state index >= 15 is 0 Å². The van der Waals surface area contributed by atoms with Crippen LogP contribution in [0.1, 0.15) is 74.7 Å². The van der Waals surface area contributed by atoms with E-state index in [1.165, 1.54) is 11.8 Å². The van der Waals surface area contributed by atoms with Gasteiger partial charge in [0.25, 0.3) is 5.91 Å². The molecule has 2 aliphatic rings. The van der Waals surface area contributed by atoms with Crippen LogP contribution in [0.15, 0.2) is 84.9 Å². The number of amides is 4. The summed E-state index contributed by atoms with van der Waals surface area (Å²) < 4.78 is 0. The molecule has 1 saturated heterocycles. The Morgan fingerprint density at radius 2 is 1.51 bits per heavy atom. The van der Waals surface area contributed by atoms with E-state index in [1.807, 2.05) is 60.7 Å². The summed E-state index contributed by atoms with van der Waals surface area (Å²) in [5, 5.41) is 34.7. The molecule has 2 fully saturated rings. The molecule has 12 heteroatoms. The van der Waals surface area contributed by atoms with Crippen LogP contribution in [0, 0.1) is 5.41 Å². The fourth-order valence-electron chi connectivity index (χ4n) is 7.27. The molecule has 1 aliphatic carbocycles. The SMILES string of the molecule is CC(=O)NCCC1(C(=O)NC(Cc2ccc(N3C(=O)C(Cc4ccccc4)N(C(=O)CCC(O)O)C3c3ccccc3)cc2)C(=O)O)CCCC1. The van der Waals surface area contributed by atoms with E-state index in [0.29, 0.717) is 42.6 Å². The zero-order chi connectivity index (χ0) is 36.5. The zero-order valence-electron chi connectivity index (χ0n) is 28.7. The monoisotopic (exact) mass is 698 g/mol. The molecule has 0 bridgehead atoms. The predicted octanol–water partition coefficient (Wildman–Crippen LogP) is 3.46. The number of carbonyl (C=O) groups is 5. The fourth-order valence-corrected chi connectivity index (χ4v) is 7.27. The van der Waals surface area contributed by atoms with Gasteiger partial charge in [-0.3, -0.25) is 24.1 Å². The topological polar surface area (TPSA) is 177 Å². The quantitative estimate of drug-likeness (QED) is 0.150. The molecule has 3 aromatic carbocycles. The van der Waals surface area contributed by atoms with Gasteiger partial charge in [0.2, 0.25) is 17.7 Å². The minimum Gasteiger partial charge on any atom is -0.480 e. The van der Waals surface area contributed by atoms with Crippen molar-refractivity contribution >= 4 is 35.3 Å². The van der Waals surface area contributed by atoms with Crippen molar-refractivity contribution in [1.82, 2.24) is 15.5 Å². The number of nitrogens with zero attached hydrogens (tertiary/aromatic N) is 2. The molecule has 1 heterocycles. The van der Waals surface area contributed by atoms with Gasteiger partial charge in [-0.05, 0) is 48.1 Å². The first kappa shape index (κ1) is 37.2. The molecular formula is C39H46N4O8. The first-order valence-corrected chi connectivity index (χ1v) is 17.5. The van der Waals surface area contributed by atoms with Gasteiger partial charge in [-0.15, -0.1) is 0 Å². The van der Waals surface area contributed by atoms with Gasteiger partial charge in [-0.1, -0.05) is 85.6 Å². The number of anilines is 1. The Bertz CT molecular complexity index is 1680. The molecule has 3 unspecified atom stereocenters. The second-order valence-corrected chi connectivity index (χ2v) is 13.5. The van der Waals surface area contributed by atoms with Crippen LogP contribution in [0.4, 0.5) is 5.69 Å². The number of carboxylic acid groups (broad SMARTS) is 1. The molecule has 0 spiro atoms. The van der Waals surface area contributed by atoms with Crippen molar-refractivity contribution < 1.29 is 39.3 Å². The number of aliphatic hydroxyl groups excluding tert-OH is 1. The summed E-state index contributed by atoms with van der Waals surface area (Å²) in [4.78, 5) is 68.6. The van der Waals surface area contributed by atoms with Crippen LogP contribution in [0.5, 0.6) is 0 Å². The Kier molecular flexibility index (Phi) is 12.2. The average Bonchev–Trinajstić information content (AvgIpc) is 3.71. The standard InChI is InChI=1S/C39H46N4O8/c1-26(44)40-23-22-39(20-8-9-21-39)38(51)41-31(37(49)50)24-28-14-16-30(17-15-28)42-35(29-12-6-3-7-13-29)43(33(45)18-19-34(46)47)32(36(42)48)25-27-10-4-2-5-11-27/h2-7,10-17,31-32,34-35,46-47H,8-9,18-25H2,1H3,(H,40,44)(H,41,51)(H,49,50). The molecule has 3 atom stereocenters. The Morgan fingerprint density at radius 1 is 0.882 bits per heavy atom. The lowest BCUT2D eigenvalue weighted by molar-refractivity contribution is -0.144. The summed E-state index contributed by atoms with van der Waals surface area (Å²) in [6.07, 6.45) is 0.763. The second kappa shape index (κ2) is 16.8. The Hall–Kier alpha value is -5.07. The maximum Gasteiger partial charge on any atom is 0.326 e. The van der Waals surface area contributed by atoms with Crippen LogP contribution in [0.3, 0.4) is 0 Å². The minimum absolute atomic E-state index is 0.00389. The third kappa shape index (κ3) is 9.00. The second-order valence-electron chi connectivity index (χ2n) is 13.5. The molecule has 5 rings (SSSR count). The largest absolute Gasteiger partial charge is 0.480 e. The molecule has 51 heavy (non-hydrogen) atoms. The molecule has 0 radical (unpaired) electrons. The summed E-state index contributed by atoms with van der Waals surface area (Å²) >= 11 is 0. The minimum atomic E-state index is -1.68. The zero-order valence-corrected chi connectivity index (χ0v) is 28.7. The van der Waals surface area contributed by atoms with Gasteiger partial charge in [-0.2, -0.15) is 0 Å². The number of rotatable bonds is 15. The van der Waals surface area contributed by atoms with Gasteiger partial charge in [0.05, 0.1) is 5.41 Å². The van der Waals surface area contributed by atoms with E-state index < -0.39 is 41.8 Å². The summed E-state index contributed by atoms with van der Waals surface area (Å²) in [5.74, 6) is -2.40. The van der Waals surface area contributed by atoms with Gasteiger partial charge in [0.15, 0.2) is 6.29 Å². The van der Waals surface area contributed by atoms with Crippen molar-refractivity contribution in [1.29, 1.82) is 0 Å². The molecule has 12 nitrogen and oxygen atoms in total. The number of carboxylic acids is 1. The van der Waals surface area contributed by atoms with Crippen molar-refractivity contribution in [2.75, 3.05) is 11.4 Å². The van der Waals surface area contributed by atoms with Crippen LogP contribution in [-0.4, -0.2) is 74.7 Å². The van der Waals surface area contributed by atoms with Gasteiger partial charge in [0.1, 0.15) is 18.2 Å². The van der Waals surface area contributed by atoms with Crippen LogP contribution in [0.2, 0.25) is 0 Å². The number of hydrogen-bond donors (Lipinski definition) is 5. The molecule has 1 aliphatic heterocycles. The average molecular weight is 699 g/mol. The van der Waals surface area contributed by atoms with Crippen molar-refractivity contribution in [2.24, 2.45) is 5.41 Å². The first-order valence-electron chi connectivity index (χ1n) is 17.5. The van der Waals surface area contributed by atoms with Crippen LogP contribution < -0.4 is 15.5 Å². The molecular weight excluding hydrogens is 652 g/mol. The molecule has 0 aromatic heterocycles. The smallest absolute Gasteiger partial charge is 0.326 e. The van der Waals surface area contributed by atoms with E-state index in [4.69, 9.17) is 0 Å². The molecule has 5 N–H and O–H groups in total. The number of benzene rings is 3. The molecule has 1 saturated carbocycles. The summed E-state index contributed by atoms with van der Waals surface area (Å²) in [6, 6.07) is 23.3. The summed E-state index contributed by atoms with van der Waals surface area (Å²) in [6.45, 7) is 1.75. The van der Waals surface area contributed by atoms with Crippen molar-refractivity contribution in [3.63, 3.8) is 0 Å². The Morgan fingerprint density at radius 3 is 2.10 bits per heavy atom. The highest BCUT2D eigenvalue weighted by Crippen LogP contribution is 2.42. The highest BCUT2D eigenvalue weighted by atomic mass is 16.5. The first-order chi connectivity index (χ1) is 24.5. The highest BCUT2D eigenvalue weighted by molar-refractivity contribution is 6.03. The number of hydrogen-bond acceptors (Lipinski definition) is 7. The number of aliphatic carboxylic acids is 1. The number of aliphatic hydroxyl groups is 2. The van der Waals surface area contributed by atoms with Gasteiger partial charge in [0, 0.05) is 44.8 Å². The molecule has 3 aromatic rings. The van der Waals surface area contributed by atoms with Gasteiger partial charge >= 0.3 is 5.97 Å². The van der Waals surface area contributed by atoms with E-state index in [0.717, 1.165) is 18.4 Å². The normalized spacial score (nSPS) is 18.9. The van der Waals surface area contributed by atoms with E-state index in [1.54, 1.807) is 29.2 Å². The molecule has 270 valence electrons. The number of carbonyl (C=O) groups excluding carboxylic acids is 4.